The van der Waals surface area contributed by atoms with Crippen molar-refractivity contribution in [2.75, 3.05) is 18.5 Å². The Morgan fingerprint density at radius 3 is 2.41 bits per heavy atom. The zero-order valence-corrected chi connectivity index (χ0v) is 18.6. The van der Waals surface area contributed by atoms with Crippen molar-refractivity contribution in [3.63, 3.8) is 0 Å². The lowest BCUT2D eigenvalue weighted by Crippen LogP contribution is -2.40. The van der Waals surface area contributed by atoms with Crippen LogP contribution in [0.3, 0.4) is 0 Å². The summed E-state index contributed by atoms with van der Waals surface area (Å²) in [5.74, 6) is -0.918. The lowest BCUT2D eigenvalue weighted by molar-refractivity contribution is -0.166. The van der Waals surface area contributed by atoms with Gasteiger partial charge in [0.05, 0.1) is 12.5 Å². The third-order valence-electron chi connectivity index (χ3n) is 4.60. The average Bonchev–Trinajstić information content (AvgIpc) is 3.25. The topological polar surface area (TPSA) is 144 Å². The van der Waals surface area contributed by atoms with Gasteiger partial charge in [0.15, 0.2) is 24.1 Å². The highest BCUT2D eigenvalue weighted by Gasteiger charge is 2.51. The predicted octanol–water partition coefficient (Wildman–Crippen LogP) is 1.22. The number of imidazole rings is 1. The molecule has 0 amide bonds. The van der Waals surface area contributed by atoms with E-state index < -0.39 is 42.4 Å². The quantitative estimate of drug-likeness (QED) is 0.459. The fraction of sp³-hybridized carbons (Fsp3) is 0.600. The summed E-state index contributed by atoms with van der Waals surface area (Å²) in [6.07, 6.45) is -0.769. The van der Waals surface area contributed by atoms with Crippen LogP contribution in [0.1, 0.15) is 40.8 Å². The second-order valence-corrected chi connectivity index (χ2v) is 7.84. The van der Waals surface area contributed by atoms with Gasteiger partial charge in [0.2, 0.25) is 5.95 Å². The van der Waals surface area contributed by atoms with Crippen LogP contribution in [-0.4, -0.2) is 68.9 Å². The Balaban J connectivity index is 1.97. The molecule has 1 fully saturated rings. The van der Waals surface area contributed by atoms with E-state index in [4.69, 9.17) is 18.9 Å². The molecule has 4 atom stereocenters. The van der Waals surface area contributed by atoms with Crippen molar-refractivity contribution in [1.82, 2.24) is 19.5 Å². The predicted molar refractivity (Wildman–Crippen MR) is 110 cm³/mol. The van der Waals surface area contributed by atoms with Crippen molar-refractivity contribution in [3.8, 4) is 0 Å². The maximum atomic E-state index is 11.8. The second-order valence-electron chi connectivity index (χ2n) is 7.84. The largest absolute Gasteiger partial charge is 0.463 e. The Hall–Kier alpha value is -3.28. The molecule has 2 aromatic rings. The third-order valence-corrected chi connectivity index (χ3v) is 4.60. The summed E-state index contributed by atoms with van der Waals surface area (Å²) in [5, 5.41) is 3.15. The van der Waals surface area contributed by atoms with Gasteiger partial charge in [-0.25, -0.2) is 9.97 Å². The van der Waals surface area contributed by atoms with E-state index in [0.717, 1.165) is 0 Å². The molecule has 2 aromatic heterocycles. The average molecular weight is 449 g/mol. The molecular formula is C20H27N5O7. The summed E-state index contributed by atoms with van der Waals surface area (Å²) >= 11 is 0. The number of nitrogens with one attached hydrogen (secondary N) is 1. The summed E-state index contributed by atoms with van der Waals surface area (Å²) in [4.78, 5) is 47.9. The first kappa shape index (κ1) is 23.4. The summed E-state index contributed by atoms with van der Waals surface area (Å²) in [6, 6.07) is 0. The maximum Gasteiger partial charge on any atom is 0.303 e. The molecule has 0 spiro atoms. The monoisotopic (exact) mass is 449 g/mol. The molecule has 3 heterocycles. The maximum absolute atomic E-state index is 11.8. The minimum atomic E-state index is -1.02. The number of aromatic nitrogens is 4. The Labute approximate surface area is 184 Å². The van der Waals surface area contributed by atoms with Crippen LogP contribution in [0.5, 0.6) is 0 Å². The van der Waals surface area contributed by atoms with Gasteiger partial charge in [-0.05, 0) is 5.92 Å². The number of hydrogen-bond donors (Lipinski definition) is 1. The molecule has 12 heteroatoms. The van der Waals surface area contributed by atoms with Crippen LogP contribution in [0.15, 0.2) is 12.5 Å². The SMILES string of the molecule is CC(=O)OC[C@H]1O[C@@H](n2cnc3cnc(NCC(C)C)nc32)[C@H](OC(C)=O)[C@@H]1OC(C)=O. The first-order valence-corrected chi connectivity index (χ1v) is 10.2. The van der Waals surface area contributed by atoms with E-state index >= 15 is 0 Å². The van der Waals surface area contributed by atoms with Crippen molar-refractivity contribution in [3.05, 3.63) is 12.5 Å². The van der Waals surface area contributed by atoms with Crippen molar-refractivity contribution in [2.45, 2.75) is 59.2 Å². The lowest BCUT2D eigenvalue weighted by atomic mass is 10.1. The number of nitrogens with zero attached hydrogens (tertiary/aromatic N) is 4. The molecule has 0 saturated carbocycles. The summed E-state index contributed by atoms with van der Waals surface area (Å²) < 4.78 is 23.5. The molecule has 1 saturated heterocycles. The highest BCUT2D eigenvalue weighted by Crippen LogP contribution is 2.36. The fourth-order valence-corrected chi connectivity index (χ4v) is 3.31. The van der Waals surface area contributed by atoms with E-state index in [9.17, 15) is 14.4 Å². The van der Waals surface area contributed by atoms with Gasteiger partial charge in [-0.1, -0.05) is 13.8 Å². The molecule has 1 aliphatic heterocycles. The summed E-state index contributed by atoms with van der Waals surface area (Å²) in [6.45, 7) is 8.33. The molecule has 1 aliphatic rings. The van der Waals surface area contributed by atoms with Crippen LogP contribution in [0.4, 0.5) is 5.95 Å². The molecule has 12 nitrogen and oxygen atoms in total. The molecule has 32 heavy (non-hydrogen) atoms. The minimum Gasteiger partial charge on any atom is -0.463 e. The fourth-order valence-electron chi connectivity index (χ4n) is 3.31. The molecule has 3 rings (SSSR count). The van der Waals surface area contributed by atoms with Gasteiger partial charge in [-0.15, -0.1) is 0 Å². The number of anilines is 1. The summed E-state index contributed by atoms with van der Waals surface area (Å²) in [7, 11) is 0. The van der Waals surface area contributed by atoms with Crippen LogP contribution in [-0.2, 0) is 33.3 Å². The Kier molecular flexibility index (Phi) is 7.23. The van der Waals surface area contributed by atoms with Gasteiger partial charge in [0.1, 0.15) is 18.2 Å². The van der Waals surface area contributed by atoms with Crippen molar-refractivity contribution in [2.24, 2.45) is 5.92 Å². The second kappa shape index (κ2) is 9.90. The van der Waals surface area contributed by atoms with E-state index in [1.165, 1.54) is 27.1 Å². The smallest absolute Gasteiger partial charge is 0.303 e. The molecule has 1 N–H and O–H groups in total. The van der Waals surface area contributed by atoms with Gasteiger partial charge in [0.25, 0.3) is 0 Å². The Morgan fingerprint density at radius 2 is 1.78 bits per heavy atom. The van der Waals surface area contributed by atoms with E-state index in [1.54, 1.807) is 10.8 Å². The number of hydrogen-bond acceptors (Lipinski definition) is 11. The van der Waals surface area contributed by atoms with Gasteiger partial charge in [-0.2, -0.15) is 4.98 Å². The van der Waals surface area contributed by atoms with E-state index in [2.05, 4.69) is 34.1 Å². The van der Waals surface area contributed by atoms with Gasteiger partial charge in [0, 0.05) is 27.3 Å². The van der Waals surface area contributed by atoms with Crippen molar-refractivity contribution < 1.29 is 33.3 Å². The molecule has 0 aliphatic carbocycles. The van der Waals surface area contributed by atoms with E-state index in [0.29, 0.717) is 29.6 Å². The molecule has 0 unspecified atom stereocenters. The number of carbonyl (C=O) groups excluding carboxylic acids is 3. The van der Waals surface area contributed by atoms with Crippen molar-refractivity contribution >= 4 is 35.0 Å². The standard InChI is InChI=1S/C20H27N5O7/c1-10(2)6-21-20-22-7-14-18(24-20)25(9-23-14)19-17(31-13(5)28)16(30-12(4)27)15(32-19)8-29-11(3)26/h7,9-10,15-17,19H,6,8H2,1-5H3,(H,21,22,24)/t15-,16-,17-,19-/m1/s1. The van der Waals surface area contributed by atoms with Gasteiger partial charge in [-0.3, -0.25) is 19.0 Å². The minimum absolute atomic E-state index is 0.190. The van der Waals surface area contributed by atoms with Crippen LogP contribution < -0.4 is 5.32 Å². The van der Waals surface area contributed by atoms with Crippen LogP contribution in [0.2, 0.25) is 0 Å². The number of carbonyl (C=O) groups is 3. The Morgan fingerprint density at radius 1 is 1.09 bits per heavy atom. The first-order valence-electron chi connectivity index (χ1n) is 10.2. The third kappa shape index (κ3) is 5.49. The molecular weight excluding hydrogens is 422 g/mol. The molecule has 0 aromatic carbocycles. The van der Waals surface area contributed by atoms with Crippen LogP contribution in [0, 0.1) is 5.92 Å². The highest BCUT2D eigenvalue weighted by atomic mass is 16.7. The first-order chi connectivity index (χ1) is 15.2. The summed E-state index contributed by atoms with van der Waals surface area (Å²) in [5.41, 5.74) is 0.931. The number of ether oxygens (including phenoxy) is 4. The zero-order chi connectivity index (χ0) is 23.4. The number of fused-ring (bicyclic) bond motifs is 1. The van der Waals surface area contributed by atoms with E-state index in [1.807, 2.05) is 0 Å². The Bertz CT molecular complexity index is 992. The van der Waals surface area contributed by atoms with E-state index in [-0.39, 0.29) is 6.61 Å². The van der Waals surface area contributed by atoms with Crippen LogP contribution in [0.25, 0.3) is 11.2 Å². The molecule has 0 radical (unpaired) electrons. The van der Waals surface area contributed by atoms with Crippen molar-refractivity contribution in [1.29, 1.82) is 0 Å². The number of rotatable bonds is 8. The van der Waals surface area contributed by atoms with Crippen LogP contribution >= 0.6 is 0 Å². The lowest BCUT2D eigenvalue weighted by Gasteiger charge is -2.23. The zero-order valence-electron chi connectivity index (χ0n) is 18.6. The normalized spacial score (nSPS) is 22.7. The molecule has 0 bridgehead atoms. The highest BCUT2D eigenvalue weighted by molar-refractivity contribution is 5.71. The molecule has 174 valence electrons. The van der Waals surface area contributed by atoms with Gasteiger partial charge >= 0.3 is 17.9 Å². The van der Waals surface area contributed by atoms with Gasteiger partial charge < -0.3 is 24.3 Å². The number of esters is 3.